The first-order chi connectivity index (χ1) is 8.16. The highest BCUT2D eigenvalue weighted by Gasteiger charge is 2.45. The molecule has 0 aromatic carbocycles. The monoisotopic (exact) mass is 238 g/mol. The van der Waals surface area contributed by atoms with Gasteiger partial charge in [-0.05, 0) is 45.1 Å². The van der Waals surface area contributed by atoms with E-state index >= 15 is 0 Å². The number of hydrogen-bond acceptors (Lipinski definition) is 2. The topological polar surface area (TPSA) is 41.1 Å². The largest absolute Gasteiger partial charge is 0.350 e. The third-order valence-electron chi connectivity index (χ3n) is 4.82. The molecule has 1 amide bonds. The van der Waals surface area contributed by atoms with E-state index in [2.05, 4.69) is 24.5 Å². The zero-order valence-electron chi connectivity index (χ0n) is 11.3. The van der Waals surface area contributed by atoms with Crippen molar-refractivity contribution in [1.29, 1.82) is 0 Å². The third-order valence-corrected chi connectivity index (χ3v) is 4.82. The summed E-state index contributed by atoms with van der Waals surface area (Å²) in [5, 5.41) is 6.73. The Morgan fingerprint density at radius 1 is 1.29 bits per heavy atom. The van der Waals surface area contributed by atoms with Crippen LogP contribution in [0.3, 0.4) is 0 Å². The molecule has 1 unspecified atom stereocenters. The van der Waals surface area contributed by atoms with Crippen LogP contribution < -0.4 is 10.6 Å². The lowest BCUT2D eigenvalue weighted by Gasteiger charge is -2.44. The van der Waals surface area contributed by atoms with E-state index in [1.807, 2.05) is 0 Å². The highest BCUT2D eigenvalue weighted by atomic mass is 16.2. The van der Waals surface area contributed by atoms with E-state index in [-0.39, 0.29) is 11.0 Å². The number of nitrogens with one attached hydrogen (secondary N) is 2. The Morgan fingerprint density at radius 2 is 2.06 bits per heavy atom. The van der Waals surface area contributed by atoms with Crippen LogP contribution in [0.25, 0.3) is 0 Å². The van der Waals surface area contributed by atoms with Crippen LogP contribution in [0.5, 0.6) is 0 Å². The Morgan fingerprint density at radius 3 is 2.47 bits per heavy atom. The predicted molar refractivity (Wildman–Crippen MR) is 69.8 cm³/mol. The molecule has 1 saturated carbocycles. The molecular formula is C14H26N2O. The van der Waals surface area contributed by atoms with Crippen LogP contribution >= 0.6 is 0 Å². The van der Waals surface area contributed by atoms with Crippen molar-refractivity contribution in [2.45, 2.75) is 64.3 Å². The smallest absolute Gasteiger partial charge is 0.227 e. The highest BCUT2D eigenvalue weighted by Crippen LogP contribution is 2.38. The molecule has 2 N–H and O–H groups in total. The van der Waals surface area contributed by atoms with Gasteiger partial charge in [-0.2, -0.15) is 0 Å². The summed E-state index contributed by atoms with van der Waals surface area (Å²) < 4.78 is 0. The van der Waals surface area contributed by atoms with Crippen LogP contribution in [0.4, 0.5) is 0 Å². The molecule has 1 aliphatic carbocycles. The van der Waals surface area contributed by atoms with Crippen LogP contribution in [0.15, 0.2) is 0 Å². The molecule has 3 nitrogen and oxygen atoms in total. The van der Waals surface area contributed by atoms with E-state index in [1.165, 1.54) is 19.3 Å². The molecule has 98 valence electrons. The molecule has 0 aromatic heterocycles. The molecule has 2 rings (SSSR count). The van der Waals surface area contributed by atoms with Crippen molar-refractivity contribution in [2.24, 2.45) is 5.41 Å². The highest BCUT2D eigenvalue weighted by molar-refractivity contribution is 5.84. The number of hydrogen-bond donors (Lipinski definition) is 2. The molecule has 3 heteroatoms. The Bertz CT molecular complexity index is 272. The average molecular weight is 238 g/mol. The predicted octanol–water partition coefficient (Wildman–Crippen LogP) is 2.22. The van der Waals surface area contributed by atoms with E-state index in [0.29, 0.717) is 5.91 Å². The van der Waals surface area contributed by atoms with Crippen LogP contribution in [0.1, 0.15) is 58.8 Å². The Balaban J connectivity index is 2.01. The number of amides is 1. The van der Waals surface area contributed by atoms with E-state index in [4.69, 9.17) is 0 Å². The van der Waals surface area contributed by atoms with Crippen molar-refractivity contribution in [3.8, 4) is 0 Å². The molecule has 0 aromatic rings. The Hall–Kier alpha value is -0.570. The zero-order chi connectivity index (χ0) is 12.4. The van der Waals surface area contributed by atoms with Gasteiger partial charge in [-0.25, -0.2) is 0 Å². The molecule has 1 atom stereocenters. The van der Waals surface area contributed by atoms with Gasteiger partial charge in [-0.1, -0.05) is 20.3 Å². The fraction of sp³-hybridized carbons (Fsp3) is 0.929. The molecule has 2 fully saturated rings. The Kier molecular flexibility index (Phi) is 3.76. The van der Waals surface area contributed by atoms with Gasteiger partial charge >= 0.3 is 0 Å². The minimum Gasteiger partial charge on any atom is -0.350 e. The van der Waals surface area contributed by atoms with Crippen molar-refractivity contribution < 1.29 is 4.79 Å². The fourth-order valence-corrected chi connectivity index (χ4v) is 3.29. The van der Waals surface area contributed by atoms with Crippen LogP contribution in [-0.4, -0.2) is 24.5 Å². The lowest BCUT2D eigenvalue weighted by molar-refractivity contribution is -0.133. The van der Waals surface area contributed by atoms with Crippen molar-refractivity contribution in [2.75, 3.05) is 13.1 Å². The van der Waals surface area contributed by atoms with Crippen molar-refractivity contribution in [1.82, 2.24) is 10.6 Å². The molecule has 1 aliphatic heterocycles. The molecule has 0 spiro atoms. The summed E-state index contributed by atoms with van der Waals surface area (Å²) >= 11 is 0. The molecule has 17 heavy (non-hydrogen) atoms. The maximum Gasteiger partial charge on any atom is 0.227 e. The maximum atomic E-state index is 12.6. The number of carbonyl (C=O) groups excluding carboxylic acids is 1. The van der Waals surface area contributed by atoms with E-state index in [9.17, 15) is 4.79 Å². The standard InChI is InChI=1S/C14H26N2O/c1-3-6-13(9-10-15-11-13)12(17)16-14(4-2)7-5-8-14/h15H,3-11H2,1-2H3,(H,16,17). The lowest BCUT2D eigenvalue weighted by Crippen LogP contribution is -2.57. The minimum atomic E-state index is -0.119. The van der Waals surface area contributed by atoms with Crippen LogP contribution in [0, 0.1) is 5.41 Å². The van der Waals surface area contributed by atoms with E-state index in [0.717, 1.165) is 38.8 Å². The third kappa shape index (κ3) is 2.35. The Labute approximate surface area is 105 Å². The SMILES string of the molecule is CCCC1(C(=O)NC2(CC)CCC2)CCNC1. The summed E-state index contributed by atoms with van der Waals surface area (Å²) in [4.78, 5) is 12.6. The van der Waals surface area contributed by atoms with E-state index in [1.54, 1.807) is 0 Å². The summed E-state index contributed by atoms with van der Waals surface area (Å²) in [6.45, 7) is 6.23. The van der Waals surface area contributed by atoms with Gasteiger partial charge in [0.15, 0.2) is 0 Å². The van der Waals surface area contributed by atoms with Gasteiger partial charge in [0, 0.05) is 12.1 Å². The average Bonchev–Trinajstić information content (AvgIpc) is 2.73. The summed E-state index contributed by atoms with van der Waals surface area (Å²) in [7, 11) is 0. The molecule has 0 bridgehead atoms. The van der Waals surface area contributed by atoms with Gasteiger partial charge in [0.2, 0.25) is 5.91 Å². The van der Waals surface area contributed by atoms with Crippen molar-refractivity contribution in [3.63, 3.8) is 0 Å². The molecule has 1 saturated heterocycles. The van der Waals surface area contributed by atoms with Gasteiger partial charge in [-0.3, -0.25) is 4.79 Å². The van der Waals surface area contributed by atoms with Gasteiger partial charge in [0.05, 0.1) is 5.41 Å². The number of carbonyl (C=O) groups is 1. The zero-order valence-corrected chi connectivity index (χ0v) is 11.3. The summed E-state index contributed by atoms with van der Waals surface area (Å²) in [6, 6.07) is 0. The quantitative estimate of drug-likeness (QED) is 0.771. The summed E-state index contributed by atoms with van der Waals surface area (Å²) in [5.41, 5.74) is 0.0208. The first-order valence-electron chi connectivity index (χ1n) is 7.20. The van der Waals surface area contributed by atoms with Crippen LogP contribution in [0.2, 0.25) is 0 Å². The van der Waals surface area contributed by atoms with Crippen LogP contribution in [-0.2, 0) is 4.79 Å². The second kappa shape index (κ2) is 4.97. The van der Waals surface area contributed by atoms with Gasteiger partial charge in [0.1, 0.15) is 0 Å². The second-order valence-corrected chi connectivity index (χ2v) is 5.90. The molecule has 2 aliphatic rings. The second-order valence-electron chi connectivity index (χ2n) is 5.90. The maximum absolute atomic E-state index is 12.6. The normalized spacial score (nSPS) is 30.9. The fourth-order valence-electron chi connectivity index (χ4n) is 3.29. The van der Waals surface area contributed by atoms with Gasteiger partial charge in [0.25, 0.3) is 0 Å². The summed E-state index contributed by atoms with van der Waals surface area (Å²) in [6.07, 6.45) is 7.81. The first kappa shape index (κ1) is 12.9. The molecular weight excluding hydrogens is 212 g/mol. The summed E-state index contributed by atoms with van der Waals surface area (Å²) in [5.74, 6) is 0.311. The number of rotatable bonds is 5. The van der Waals surface area contributed by atoms with E-state index < -0.39 is 0 Å². The first-order valence-corrected chi connectivity index (χ1v) is 7.20. The van der Waals surface area contributed by atoms with Crippen molar-refractivity contribution >= 4 is 5.91 Å². The lowest BCUT2D eigenvalue weighted by atomic mass is 9.73. The molecule has 1 heterocycles. The van der Waals surface area contributed by atoms with Gasteiger partial charge < -0.3 is 10.6 Å². The van der Waals surface area contributed by atoms with Crippen molar-refractivity contribution in [3.05, 3.63) is 0 Å². The molecule has 0 radical (unpaired) electrons. The van der Waals surface area contributed by atoms with Gasteiger partial charge in [-0.15, -0.1) is 0 Å². The minimum absolute atomic E-state index is 0.119.